The molecule has 0 radical (unpaired) electrons. The van der Waals surface area contributed by atoms with Crippen LogP contribution in [0.4, 0.5) is 4.39 Å². The first kappa shape index (κ1) is 12.7. The Kier molecular flexibility index (Phi) is 3.64. The van der Waals surface area contributed by atoms with Gasteiger partial charge in [-0.2, -0.15) is 0 Å². The van der Waals surface area contributed by atoms with E-state index in [1.807, 2.05) is 6.92 Å². The van der Waals surface area contributed by atoms with Crippen molar-refractivity contribution in [3.05, 3.63) is 34.1 Å². The van der Waals surface area contributed by atoms with Gasteiger partial charge in [0.2, 0.25) is 0 Å². The van der Waals surface area contributed by atoms with Gasteiger partial charge < -0.3 is 4.74 Å². The zero-order chi connectivity index (χ0) is 12.5. The number of hydrogen-bond acceptors (Lipinski definition) is 2. The van der Waals surface area contributed by atoms with Crippen molar-refractivity contribution < 1.29 is 13.9 Å². The van der Waals surface area contributed by atoms with Crippen LogP contribution in [-0.4, -0.2) is 18.0 Å². The molecule has 0 N–H and O–H groups in total. The summed E-state index contributed by atoms with van der Waals surface area (Å²) in [6.45, 7) is 2.48. The molecule has 4 heteroatoms. The van der Waals surface area contributed by atoms with Crippen molar-refractivity contribution in [2.45, 2.75) is 31.8 Å². The van der Waals surface area contributed by atoms with Crippen LogP contribution in [0, 0.1) is 5.82 Å². The largest absolute Gasteiger partial charge is 0.367 e. The van der Waals surface area contributed by atoms with Crippen LogP contribution >= 0.6 is 15.9 Å². The van der Waals surface area contributed by atoms with Crippen molar-refractivity contribution in [1.29, 1.82) is 0 Å². The highest BCUT2D eigenvalue weighted by atomic mass is 79.9. The lowest BCUT2D eigenvalue weighted by atomic mass is 9.92. The molecule has 0 bridgehead atoms. The quantitative estimate of drug-likeness (QED) is 0.856. The van der Waals surface area contributed by atoms with Crippen molar-refractivity contribution in [2.24, 2.45) is 0 Å². The summed E-state index contributed by atoms with van der Waals surface area (Å²) >= 11 is 3.27. The fourth-order valence-corrected chi connectivity index (χ4v) is 2.52. The molecule has 0 amide bonds. The monoisotopic (exact) mass is 300 g/mol. The highest BCUT2D eigenvalue weighted by Crippen LogP contribution is 2.28. The lowest BCUT2D eigenvalue weighted by Gasteiger charge is -2.21. The molecule has 2 rings (SSSR count). The Labute approximate surface area is 108 Å². The van der Waals surface area contributed by atoms with Crippen LogP contribution in [0.3, 0.4) is 0 Å². The van der Waals surface area contributed by atoms with Crippen LogP contribution in [-0.2, 0) is 16.0 Å². The number of carbonyl (C=O) groups is 1. The Bertz CT molecular complexity index is 439. The first-order valence-electron chi connectivity index (χ1n) is 5.62. The molecule has 92 valence electrons. The average molecular weight is 301 g/mol. The maximum absolute atomic E-state index is 12.9. The number of halogens is 2. The minimum absolute atomic E-state index is 0.0577. The minimum atomic E-state index is -0.659. The topological polar surface area (TPSA) is 26.3 Å². The zero-order valence-corrected chi connectivity index (χ0v) is 11.2. The van der Waals surface area contributed by atoms with Crippen molar-refractivity contribution in [1.82, 2.24) is 0 Å². The fraction of sp³-hybridized carbons (Fsp3) is 0.462. The predicted molar refractivity (Wildman–Crippen MR) is 66.4 cm³/mol. The van der Waals surface area contributed by atoms with Crippen LogP contribution < -0.4 is 0 Å². The van der Waals surface area contributed by atoms with Crippen molar-refractivity contribution >= 4 is 21.7 Å². The van der Waals surface area contributed by atoms with Gasteiger partial charge in [0.1, 0.15) is 11.4 Å². The molecule has 0 spiro atoms. The van der Waals surface area contributed by atoms with E-state index in [0.29, 0.717) is 11.1 Å². The molecule has 1 aromatic rings. The Morgan fingerprint density at radius 3 is 2.94 bits per heavy atom. The van der Waals surface area contributed by atoms with Crippen molar-refractivity contribution in [2.75, 3.05) is 6.61 Å². The summed E-state index contributed by atoms with van der Waals surface area (Å²) in [5.41, 5.74) is 0.140. The lowest BCUT2D eigenvalue weighted by molar-refractivity contribution is -0.136. The molecule has 1 aromatic carbocycles. The van der Waals surface area contributed by atoms with E-state index in [1.165, 1.54) is 12.1 Å². The van der Waals surface area contributed by atoms with E-state index in [2.05, 4.69) is 15.9 Å². The molecule has 0 aromatic heterocycles. The molecule has 1 saturated heterocycles. The second kappa shape index (κ2) is 4.86. The van der Waals surface area contributed by atoms with Crippen LogP contribution in [0.25, 0.3) is 0 Å². The number of ether oxygens (including phenoxy) is 1. The van der Waals surface area contributed by atoms with Gasteiger partial charge in [-0.05, 0) is 37.5 Å². The molecule has 0 aliphatic carbocycles. The van der Waals surface area contributed by atoms with Crippen molar-refractivity contribution in [3.63, 3.8) is 0 Å². The third-order valence-corrected chi connectivity index (χ3v) is 3.91. The summed E-state index contributed by atoms with van der Waals surface area (Å²) in [5.74, 6) is -0.251. The van der Waals surface area contributed by atoms with E-state index in [0.717, 1.165) is 18.4 Å². The third kappa shape index (κ3) is 2.75. The highest BCUT2D eigenvalue weighted by Gasteiger charge is 2.37. The summed E-state index contributed by atoms with van der Waals surface area (Å²) < 4.78 is 19.1. The number of rotatable bonds is 3. The highest BCUT2D eigenvalue weighted by molar-refractivity contribution is 9.10. The summed E-state index contributed by atoms with van der Waals surface area (Å²) in [7, 11) is 0. The number of hydrogen-bond donors (Lipinski definition) is 0. The Balaban J connectivity index is 2.13. The number of Topliss-reactive ketones (excluding diaryl/α,β-unsaturated/α-hetero) is 1. The van der Waals surface area contributed by atoms with Crippen LogP contribution in [0.5, 0.6) is 0 Å². The smallest absolute Gasteiger partial charge is 0.168 e. The standard InChI is InChI=1S/C13H14BrFO2/c1-13(5-2-6-17-13)12(16)7-9-3-4-10(15)8-11(9)14/h3-4,8H,2,5-7H2,1H3. The normalized spacial score (nSPS) is 23.9. The maximum atomic E-state index is 12.9. The fourth-order valence-electron chi connectivity index (χ4n) is 2.02. The first-order chi connectivity index (χ1) is 8.01. The molecule has 1 atom stereocenters. The lowest BCUT2D eigenvalue weighted by Crippen LogP contribution is -2.35. The van der Waals surface area contributed by atoms with Gasteiger partial charge in [-0.3, -0.25) is 4.79 Å². The van der Waals surface area contributed by atoms with E-state index >= 15 is 0 Å². The molecule has 1 aliphatic rings. The van der Waals surface area contributed by atoms with Gasteiger partial charge in [-0.1, -0.05) is 22.0 Å². The number of benzene rings is 1. The molecule has 1 aliphatic heterocycles. The van der Waals surface area contributed by atoms with Gasteiger partial charge >= 0.3 is 0 Å². The second-order valence-corrected chi connectivity index (χ2v) is 5.37. The molecule has 1 heterocycles. The van der Waals surface area contributed by atoms with E-state index < -0.39 is 5.60 Å². The minimum Gasteiger partial charge on any atom is -0.367 e. The van der Waals surface area contributed by atoms with Crippen LogP contribution in [0.2, 0.25) is 0 Å². The van der Waals surface area contributed by atoms with Gasteiger partial charge in [0, 0.05) is 17.5 Å². The van der Waals surface area contributed by atoms with E-state index in [9.17, 15) is 9.18 Å². The Hall–Kier alpha value is -0.740. The summed E-state index contributed by atoms with van der Waals surface area (Å²) in [4.78, 5) is 12.1. The van der Waals surface area contributed by atoms with Crippen LogP contribution in [0.1, 0.15) is 25.3 Å². The Morgan fingerprint density at radius 2 is 2.35 bits per heavy atom. The summed E-state index contributed by atoms with van der Waals surface area (Å²) in [6.07, 6.45) is 1.97. The molecule has 2 nitrogen and oxygen atoms in total. The Morgan fingerprint density at radius 1 is 1.59 bits per heavy atom. The summed E-state index contributed by atoms with van der Waals surface area (Å²) in [5, 5.41) is 0. The van der Waals surface area contributed by atoms with E-state index in [-0.39, 0.29) is 18.0 Å². The zero-order valence-electron chi connectivity index (χ0n) is 9.63. The average Bonchev–Trinajstić information content (AvgIpc) is 2.71. The van der Waals surface area contributed by atoms with Gasteiger partial charge in [-0.15, -0.1) is 0 Å². The summed E-state index contributed by atoms with van der Waals surface area (Å²) in [6, 6.07) is 4.38. The number of ketones is 1. The molecule has 0 saturated carbocycles. The third-order valence-electron chi connectivity index (χ3n) is 3.17. The first-order valence-corrected chi connectivity index (χ1v) is 6.42. The number of carbonyl (C=O) groups excluding carboxylic acids is 1. The molecular weight excluding hydrogens is 287 g/mol. The molecular formula is C13H14BrFO2. The van der Waals surface area contributed by atoms with Gasteiger partial charge in [-0.25, -0.2) is 4.39 Å². The van der Waals surface area contributed by atoms with E-state index in [4.69, 9.17) is 4.74 Å². The van der Waals surface area contributed by atoms with Crippen LogP contribution in [0.15, 0.2) is 22.7 Å². The molecule has 17 heavy (non-hydrogen) atoms. The predicted octanol–water partition coefficient (Wildman–Crippen LogP) is 3.27. The van der Waals surface area contributed by atoms with E-state index in [1.54, 1.807) is 6.07 Å². The molecule has 1 unspecified atom stereocenters. The maximum Gasteiger partial charge on any atom is 0.168 e. The van der Waals surface area contributed by atoms with Gasteiger partial charge in [0.05, 0.1) is 0 Å². The SMILES string of the molecule is CC1(C(=O)Cc2ccc(F)cc2Br)CCCO1. The van der Waals surface area contributed by atoms with Gasteiger partial charge in [0.15, 0.2) is 5.78 Å². The second-order valence-electron chi connectivity index (χ2n) is 4.52. The molecule has 1 fully saturated rings. The van der Waals surface area contributed by atoms with Crippen molar-refractivity contribution in [3.8, 4) is 0 Å². The van der Waals surface area contributed by atoms with Gasteiger partial charge in [0.25, 0.3) is 0 Å².